The number of halogens is 3. The molecule has 0 bridgehead atoms. The van der Waals surface area contributed by atoms with Gasteiger partial charge in [-0.25, -0.2) is 18.9 Å². The fourth-order valence-electron chi connectivity index (χ4n) is 2.43. The van der Waals surface area contributed by atoms with Gasteiger partial charge in [-0.2, -0.15) is 13.2 Å². The summed E-state index contributed by atoms with van der Waals surface area (Å²) in [4.78, 5) is 27.9. The van der Waals surface area contributed by atoms with E-state index >= 15 is 0 Å². The number of aliphatic hydroxyl groups is 3. The molecule has 3 unspecified atom stereocenters. The van der Waals surface area contributed by atoms with E-state index in [0.29, 0.717) is 4.57 Å². The topological polar surface area (TPSA) is 123 Å². The highest BCUT2D eigenvalue weighted by molar-refractivity contribution is 5.71. The van der Waals surface area contributed by atoms with E-state index in [2.05, 4.69) is 4.98 Å². The minimum Gasteiger partial charge on any atom is -0.373 e. The Morgan fingerprint density at radius 1 is 0.917 bits per heavy atom. The van der Waals surface area contributed by atoms with E-state index in [1.165, 1.54) is 0 Å². The van der Waals surface area contributed by atoms with Crippen molar-refractivity contribution in [1.82, 2.24) is 18.7 Å². The Morgan fingerprint density at radius 2 is 1.38 bits per heavy atom. The number of imidazole rings is 1. The highest BCUT2D eigenvalue weighted by atomic mass is 19.4. The van der Waals surface area contributed by atoms with Crippen molar-refractivity contribution in [2.24, 2.45) is 0 Å². The van der Waals surface area contributed by atoms with Crippen LogP contribution in [-0.2, 0) is 6.18 Å². The van der Waals surface area contributed by atoms with Crippen LogP contribution in [0.4, 0.5) is 13.2 Å². The van der Waals surface area contributed by atoms with Crippen LogP contribution in [0.25, 0.3) is 11.2 Å². The van der Waals surface area contributed by atoms with Crippen LogP contribution in [0, 0.1) is 0 Å². The molecule has 3 N–H and O–H groups in total. The molecule has 0 aliphatic rings. The molecule has 2 rings (SSSR count). The highest BCUT2D eigenvalue weighted by Crippen LogP contribution is 2.32. The molecule has 0 saturated carbocycles. The molecular formula is C12H15F3N4O5. The first-order valence-electron chi connectivity index (χ1n) is 6.80. The first-order valence-corrected chi connectivity index (χ1v) is 6.80. The van der Waals surface area contributed by atoms with Gasteiger partial charge in [0.2, 0.25) is 5.82 Å². The first kappa shape index (κ1) is 18.2. The zero-order valence-corrected chi connectivity index (χ0v) is 12.8. The second-order valence-electron chi connectivity index (χ2n) is 5.20. The maximum Gasteiger partial charge on any atom is 0.449 e. The van der Waals surface area contributed by atoms with Gasteiger partial charge >= 0.3 is 11.9 Å². The Hall–Kier alpha value is -2.18. The molecule has 24 heavy (non-hydrogen) atoms. The van der Waals surface area contributed by atoms with Gasteiger partial charge in [0.25, 0.3) is 5.56 Å². The van der Waals surface area contributed by atoms with Gasteiger partial charge in [0.15, 0.2) is 11.2 Å². The Kier molecular flexibility index (Phi) is 4.33. The maximum atomic E-state index is 13.2. The molecule has 0 radical (unpaired) electrons. The van der Waals surface area contributed by atoms with Crippen molar-refractivity contribution in [3.63, 3.8) is 0 Å². The molecule has 2 aromatic rings. The Bertz CT molecular complexity index is 891. The average Bonchev–Trinajstić information content (AvgIpc) is 2.77. The van der Waals surface area contributed by atoms with E-state index < -0.39 is 53.1 Å². The third-order valence-corrected chi connectivity index (χ3v) is 3.33. The smallest absolute Gasteiger partial charge is 0.373 e. The molecule has 0 spiro atoms. The Labute approximate surface area is 131 Å². The number of alkyl halides is 3. The van der Waals surface area contributed by atoms with Gasteiger partial charge < -0.3 is 15.3 Å². The zero-order valence-electron chi connectivity index (χ0n) is 12.8. The Morgan fingerprint density at radius 3 is 1.75 bits per heavy atom. The summed E-state index contributed by atoms with van der Waals surface area (Å²) in [6, 6.07) is 0. The molecular weight excluding hydrogens is 337 g/mol. The zero-order chi connectivity index (χ0) is 18.6. The third kappa shape index (κ3) is 2.61. The number of rotatable bonds is 3. The molecule has 0 aliphatic carbocycles. The van der Waals surface area contributed by atoms with E-state index in [1.54, 1.807) is 0 Å². The summed E-state index contributed by atoms with van der Waals surface area (Å²) in [7, 11) is 0. The van der Waals surface area contributed by atoms with Crippen molar-refractivity contribution >= 4 is 11.2 Å². The molecule has 2 heterocycles. The third-order valence-electron chi connectivity index (χ3n) is 3.33. The number of aliphatic hydroxyl groups excluding tert-OH is 3. The van der Waals surface area contributed by atoms with Crippen LogP contribution in [-0.4, -0.2) is 34.0 Å². The monoisotopic (exact) mass is 352 g/mol. The van der Waals surface area contributed by atoms with Crippen molar-refractivity contribution in [1.29, 1.82) is 0 Å². The lowest BCUT2D eigenvalue weighted by Crippen LogP contribution is -2.43. The van der Waals surface area contributed by atoms with Crippen molar-refractivity contribution in [3.05, 3.63) is 26.7 Å². The molecule has 12 heteroatoms. The number of fused-ring (bicyclic) bond motifs is 1. The minimum atomic E-state index is -5.03. The van der Waals surface area contributed by atoms with Crippen molar-refractivity contribution < 1.29 is 28.5 Å². The lowest BCUT2D eigenvalue weighted by atomic mass is 10.4. The summed E-state index contributed by atoms with van der Waals surface area (Å²) in [5.74, 6) is -1.61. The van der Waals surface area contributed by atoms with Crippen molar-refractivity contribution in [2.75, 3.05) is 0 Å². The van der Waals surface area contributed by atoms with Gasteiger partial charge in [0.05, 0.1) is 0 Å². The average molecular weight is 352 g/mol. The lowest BCUT2D eigenvalue weighted by molar-refractivity contribution is -0.150. The van der Waals surface area contributed by atoms with E-state index in [1.807, 2.05) is 0 Å². The summed E-state index contributed by atoms with van der Waals surface area (Å²) in [6.45, 7) is 3.10. The molecule has 134 valence electrons. The largest absolute Gasteiger partial charge is 0.449 e. The lowest BCUT2D eigenvalue weighted by Gasteiger charge is -2.16. The van der Waals surface area contributed by atoms with Crippen LogP contribution in [0.2, 0.25) is 0 Å². The molecule has 0 aromatic carbocycles. The van der Waals surface area contributed by atoms with Crippen LogP contribution in [0.15, 0.2) is 9.59 Å². The molecule has 0 aliphatic heterocycles. The second kappa shape index (κ2) is 5.72. The molecule has 0 amide bonds. The summed E-state index contributed by atoms with van der Waals surface area (Å²) < 4.78 is 40.4. The quantitative estimate of drug-likeness (QED) is 0.710. The maximum absolute atomic E-state index is 13.2. The normalized spacial score (nSPS) is 16.4. The summed E-state index contributed by atoms with van der Waals surface area (Å²) in [6.07, 6.45) is -10.1. The van der Waals surface area contributed by atoms with Crippen LogP contribution in [0.3, 0.4) is 0 Å². The van der Waals surface area contributed by atoms with Gasteiger partial charge in [-0.1, -0.05) is 0 Å². The second-order valence-corrected chi connectivity index (χ2v) is 5.20. The van der Waals surface area contributed by atoms with Crippen LogP contribution in [0.1, 0.15) is 45.3 Å². The van der Waals surface area contributed by atoms with E-state index in [-0.39, 0.29) is 9.13 Å². The SMILES string of the molecule is CC(O)n1c(=O)c2c(nc(C(F)(F)F)n2C(C)O)n(C(C)O)c1=O. The predicted molar refractivity (Wildman–Crippen MR) is 74.0 cm³/mol. The first-order chi connectivity index (χ1) is 10.9. The highest BCUT2D eigenvalue weighted by Gasteiger charge is 2.40. The van der Waals surface area contributed by atoms with Gasteiger partial charge in [0, 0.05) is 0 Å². The molecule has 9 nitrogen and oxygen atoms in total. The molecule has 2 aromatic heterocycles. The number of hydrogen-bond acceptors (Lipinski definition) is 6. The summed E-state index contributed by atoms with van der Waals surface area (Å²) >= 11 is 0. The van der Waals surface area contributed by atoms with Gasteiger partial charge in [-0.05, 0) is 20.8 Å². The van der Waals surface area contributed by atoms with Crippen LogP contribution < -0.4 is 11.2 Å². The Balaban J connectivity index is 3.19. The fraction of sp³-hybridized carbons (Fsp3) is 0.583. The van der Waals surface area contributed by atoms with Crippen LogP contribution in [0.5, 0.6) is 0 Å². The number of hydrogen-bond donors (Lipinski definition) is 3. The van der Waals surface area contributed by atoms with Gasteiger partial charge in [0.1, 0.15) is 18.7 Å². The van der Waals surface area contributed by atoms with Gasteiger partial charge in [-0.3, -0.25) is 9.36 Å². The summed E-state index contributed by atoms with van der Waals surface area (Å²) in [5, 5.41) is 29.0. The molecule has 3 atom stereocenters. The predicted octanol–water partition coefficient (Wildman–Crippen LogP) is -0.0891. The van der Waals surface area contributed by atoms with Crippen molar-refractivity contribution in [3.8, 4) is 0 Å². The number of aromatic nitrogens is 4. The number of nitrogens with zero attached hydrogens (tertiary/aromatic N) is 4. The molecule has 0 saturated heterocycles. The standard InChI is InChI=1S/C12H15F3N4O5/c1-4(20)17-7-8(16-10(17)12(13,14)15)18(5(2)21)11(24)19(6(3)22)9(7)23/h4-6,20-22H,1-3H3. The fourth-order valence-corrected chi connectivity index (χ4v) is 2.43. The van der Waals surface area contributed by atoms with E-state index in [0.717, 1.165) is 20.8 Å². The van der Waals surface area contributed by atoms with E-state index in [9.17, 15) is 38.1 Å². The van der Waals surface area contributed by atoms with Gasteiger partial charge in [-0.15, -0.1) is 0 Å². The van der Waals surface area contributed by atoms with Crippen LogP contribution >= 0.6 is 0 Å². The summed E-state index contributed by atoms with van der Waals surface area (Å²) in [5.41, 5.74) is -4.02. The van der Waals surface area contributed by atoms with Crippen molar-refractivity contribution in [2.45, 2.75) is 45.6 Å². The molecule has 0 fully saturated rings. The minimum absolute atomic E-state index is 0.203. The van der Waals surface area contributed by atoms with E-state index in [4.69, 9.17) is 0 Å².